The van der Waals surface area contributed by atoms with Gasteiger partial charge in [0.25, 0.3) is 5.91 Å². The summed E-state index contributed by atoms with van der Waals surface area (Å²) < 4.78 is 10.5. The van der Waals surface area contributed by atoms with E-state index in [1.807, 2.05) is 0 Å². The molecule has 0 unspecified atom stereocenters. The van der Waals surface area contributed by atoms with Gasteiger partial charge in [-0.2, -0.15) is 0 Å². The van der Waals surface area contributed by atoms with Crippen LogP contribution < -0.4 is 20.1 Å². The summed E-state index contributed by atoms with van der Waals surface area (Å²) in [5.74, 6) is -1.15. The van der Waals surface area contributed by atoms with Crippen LogP contribution in [0.2, 0.25) is 0 Å². The van der Waals surface area contributed by atoms with E-state index in [-0.39, 0.29) is 18.9 Å². The van der Waals surface area contributed by atoms with Crippen LogP contribution in [0.4, 0.5) is 0 Å². The lowest BCUT2D eigenvalue weighted by molar-refractivity contribution is -0.141. The predicted molar refractivity (Wildman–Crippen MR) is 84.2 cm³/mol. The summed E-state index contributed by atoms with van der Waals surface area (Å²) in [7, 11) is 0. The van der Waals surface area contributed by atoms with Gasteiger partial charge in [0, 0.05) is 6.92 Å². The number of aliphatic carboxylic acids is 1. The minimum Gasteiger partial charge on any atom is -0.480 e. The van der Waals surface area contributed by atoms with Crippen molar-refractivity contribution in [3.8, 4) is 11.5 Å². The molecule has 8 heteroatoms. The molecule has 24 heavy (non-hydrogen) atoms. The molecule has 0 saturated carbocycles. The van der Waals surface area contributed by atoms with E-state index >= 15 is 0 Å². The molecule has 3 N–H and O–H groups in total. The van der Waals surface area contributed by atoms with Gasteiger partial charge in [-0.25, -0.2) is 4.79 Å². The second-order valence-corrected chi connectivity index (χ2v) is 5.12. The maximum atomic E-state index is 12.3. The van der Waals surface area contributed by atoms with Crippen LogP contribution in [0.15, 0.2) is 23.9 Å². The Morgan fingerprint density at radius 1 is 1.29 bits per heavy atom. The van der Waals surface area contributed by atoms with Gasteiger partial charge in [0.2, 0.25) is 12.7 Å². The van der Waals surface area contributed by atoms with E-state index in [0.29, 0.717) is 17.1 Å². The van der Waals surface area contributed by atoms with Gasteiger partial charge in [-0.3, -0.25) is 9.59 Å². The molecule has 0 spiro atoms. The highest BCUT2D eigenvalue weighted by Crippen LogP contribution is 2.32. The Morgan fingerprint density at radius 3 is 2.62 bits per heavy atom. The molecule has 1 heterocycles. The van der Waals surface area contributed by atoms with Crippen molar-refractivity contribution >= 4 is 23.9 Å². The van der Waals surface area contributed by atoms with E-state index in [9.17, 15) is 14.4 Å². The summed E-state index contributed by atoms with van der Waals surface area (Å²) in [6, 6.07) is 4.00. The number of amides is 2. The van der Waals surface area contributed by atoms with Crippen LogP contribution in [0.5, 0.6) is 11.5 Å². The molecule has 0 aromatic heterocycles. The Bertz CT molecular complexity index is 698. The first-order valence-electron chi connectivity index (χ1n) is 7.33. The smallest absolute Gasteiger partial charge is 0.326 e. The van der Waals surface area contributed by atoms with Gasteiger partial charge < -0.3 is 25.2 Å². The van der Waals surface area contributed by atoms with Crippen molar-refractivity contribution in [3.63, 3.8) is 0 Å². The molecule has 1 aromatic carbocycles. The summed E-state index contributed by atoms with van der Waals surface area (Å²) in [5, 5.41) is 13.8. The van der Waals surface area contributed by atoms with Gasteiger partial charge in [-0.15, -0.1) is 0 Å². The Labute approximate surface area is 138 Å². The Morgan fingerprint density at radius 2 is 2.00 bits per heavy atom. The van der Waals surface area contributed by atoms with Crippen molar-refractivity contribution in [2.45, 2.75) is 26.3 Å². The summed E-state index contributed by atoms with van der Waals surface area (Å²) in [6.07, 6.45) is 1.66. The number of hydrogen-bond donors (Lipinski definition) is 3. The number of ether oxygens (including phenoxy) is 2. The molecular formula is C16H18N2O6. The Hall–Kier alpha value is -3.03. The maximum Gasteiger partial charge on any atom is 0.326 e. The zero-order valence-electron chi connectivity index (χ0n) is 13.3. The van der Waals surface area contributed by atoms with Crippen LogP contribution in [-0.4, -0.2) is 35.7 Å². The molecule has 1 atom stereocenters. The molecular weight excluding hydrogens is 316 g/mol. The normalized spacial score (nSPS) is 14.0. The van der Waals surface area contributed by atoms with Gasteiger partial charge in [0.1, 0.15) is 11.7 Å². The fourth-order valence-electron chi connectivity index (χ4n) is 2.09. The zero-order chi connectivity index (χ0) is 17.7. The highest BCUT2D eigenvalue weighted by atomic mass is 16.7. The summed E-state index contributed by atoms with van der Waals surface area (Å²) in [5.41, 5.74) is 0.544. The van der Waals surface area contributed by atoms with E-state index in [0.717, 1.165) is 0 Å². The molecule has 0 saturated heterocycles. The average Bonchev–Trinajstić information content (AvgIpc) is 2.98. The number of carboxylic acid groups (broad SMARTS) is 1. The van der Waals surface area contributed by atoms with Crippen molar-refractivity contribution in [2.75, 3.05) is 6.79 Å². The molecule has 1 aliphatic heterocycles. The third-order valence-corrected chi connectivity index (χ3v) is 3.27. The fourth-order valence-corrected chi connectivity index (χ4v) is 2.09. The highest BCUT2D eigenvalue weighted by Gasteiger charge is 2.21. The first-order valence-corrected chi connectivity index (χ1v) is 7.33. The van der Waals surface area contributed by atoms with Crippen LogP contribution in [0.1, 0.15) is 25.8 Å². The van der Waals surface area contributed by atoms with Crippen molar-refractivity contribution in [1.29, 1.82) is 0 Å². The average molecular weight is 334 g/mol. The number of nitrogens with one attached hydrogen (secondary N) is 2. The molecule has 8 nitrogen and oxygen atoms in total. The first-order chi connectivity index (χ1) is 11.4. The Kier molecular flexibility index (Phi) is 5.41. The molecule has 0 fully saturated rings. The number of carbonyl (C=O) groups is 3. The molecule has 2 rings (SSSR count). The van der Waals surface area contributed by atoms with E-state index in [1.165, 1.54) is 13.0 Å². The summed E-state index contributed by atoms with van der Waals surface area (Å²) in [4.78, 5) is 34.7. The van der Waals surface area contributed by atoms with E-state index in [4.69, 9.17) is 14.6 Å². The van der Waals surface area contributed by atoms with E-state index < -0.39 is 23.8 Å². The van der Waals surface area contributed by atoms with Crippen molar-refractivity contribution in [2.24, 2.45) is 0 Å². The maximum absolute atomic E-state index is 12.3. The lowest BCUT2D eigenvalue weighted by atomic mass is 10.1. The van der Waals surface area contributed by atoms with Crippen molar-refractivity contribution in [3.05, 3.63) is 29.5 Å². The fraction of sp³-hybridized carbons (Fsp3) is 0.312. The number of rotatable bonds is 6. The Balaban J connectivity index is 2.25. The van der Waals surface area contributed by atoms with Gasteiger partial charge in [0.05, 0.1) is 0 Å². The van der Waals surface area contributed by atoms with Gasteiger partial charge in [-0.1, -0.05) is 13.0 Å². The van der Waals surface area contributed by atoms with Crippen molar-refractivity contribution in [1.82, 2.24) is 10.6 Å². The standard InChI is InChI=1S/C16H18N2O6/c1-3-11(16(21)22)18-15(20)12(17-9(2)19)6-10-4-5-13-14(7-10)24-8-23-13/h4-7,11H,3,8H2,1-2H3,(H,17,19)(H,18,20)(H,21,22)/b12-6+/t11-/m1/s1. The number of hydrogen-bond acceptors (Lipinski definition) is 5. The lowest BCUT2D eigenvalue weighted by Crippen LogP contribution is -2.43. The number of fused-ring (bicyclic) bond motifs is 1. The van der Waals surface area contributed by atoms with Crippen LogP contribution >= 0.6 is 0 Å². The van der Waals surface area contributed by atoms with Crippen LogP contribution in [-0.2, 0) is 14.4 Å². The number of carbonyl (C=O) groups excluding carboxylic acids is 2. The minimum atomic E-state index is -1.14. The number of carboxylic acids is 1. The van der Waals surface area contributed by atoms with Crippen LogP contribution in [0.25, 0.3) is 6.08 Å². The third kappa shape index (κ3) is 4.25. The molecule has 2 amide bonds. The van der Waals surface area contributed by atoms with Crippen LogP contribution in [0.3, 0.4) is 0 Å². The summed E-state index contributed by atoms with van der Waals surface area (Å²) >= 11 is 0. The second-order valence-electron chi connectivity index (χ2n) is 5.12. The zero-order valence-corrected chi connectivity index (χ0v) is 13.3. The molecule has 1 aromatic rings. The van der Waals surface area contributed by atoms with E-state index in [1.54, 1.807) is 25.1 Å². The lowest BCUT2D eigenvalue weighted by Gasteiger charge is -2.14. The van der Waals surface area contributed by atoms with Crippen LogP contribution in [0, 0.1) is 0 Å². The second kappa shape index (κ2) is 7.49. The van der Waals surface area contributed by atoms with E-state index in [2.05, 4.69) is 10.6 Å². The SMILES string of the molecule is CC[C@@H](NC(=O)/C(=C\c1ccc2c(c1)OCO2)NC(C)=O)C(=O)O. The highest BCUT2D eigenvalue weighted by molar-refractivity contribution is 6.02. The molecule has 1 aliphatic rings. The topological polar surface area (TPSA) is 114 Å². The quantitative estimate of drug-likeness (QED) is 0.665. The molecule has 0 aliphatic carbocycles. The molecule has 0 radical (unpaired) electrons. The third-order valence-electron chi connectivity index (χ3n) is 3.27. The summed E-state index contributed by atoms with van der Waals surface area (Å²) in [6.45, 7) is 3.02. The predicted octanol–water partition coefficient (Wildman–Crippen LogP) is 0.872. The number of benzene rings is 1. The van der Waals surface area contributed by atoms with Gasteiger partial charge in [-0.05, 0) is 30.2 Å². The van der Waals surface area contributed by atoms with Crippen molar-refractivity contribution < 1.29 is 29.0 Å². The molecule has 0 bridgehead atoms. The first kappa shape index (κ1) is 17.3. The largest absolute Gasteiger partial charge is 0.480 e. The van der Waals surface area contributed by atoms with Gasteiger partial charge in [0.15, 0.2) is 11.5 Å². The minimum absolute atomic E-state index is 0.0546. The van der Waals surface area contributed by atoms with Gasteiger partial charge >= 0.3 is 5.97 Å². The molecule has 128 valence electrons. The monoisotopic (exact) mass is 334 g/mol.